The van der Waals surface area contributed by atoms with Crippen molar-refractivity contribution < 1.29 is 9.53 Å². The molecule has 1 amide bonds. The summed E-state index contributed by atoms with van der Waals surface area (Å²) in [4.78, 5) is 15.9. The summed E-state index contributed by atoms with van der Waals surface area (Å²) in [7, 11) is 0. The molecule has 1 saturated carbocycles. The maximum atomic E-state index is 12.7. The molecule has 0 aromatic heterocycles. The molecular weight excluding hydrogens is 418 g/mol. The lowest BCUT2D eigenvalue weighted by atomic mass is 9.79. The van der Waals surface area contributed by atoms with Gasteiger partial charge in [-0.1, -0.05) is 62.5 Å². The van der Waals surface area contributed by atoms with E-state index in [4.69, 9.17) is 17.0 Å². The van der Waals surface area contributed by atoms with Crippen LogP contribution in [0.4, 0.5) is 10.5 Å². The Labute approximate surface area is 199 Å². The summed E-state index contributed by atoms with van der Waals surface area (Å²) in [6.45, 7) is 9.75. The van der Waals surface area contributed by atoms with Crippen molar-refractivity contribution in [3.63, 3.8) is 0 Å². The van der Waals surface area contributed by atoms with E-state index in [1.54, 1.807) is 0 Å². The van der Waals surface area contributed by atoms with Crippen molar-refractivity contribution in [3.8, 4) is 0 Å². The number of carbonyl (C=O) groups excluding carboxylic acids is 1. The number of amides is 1. The minimum atomic E-state index is -0.601. The highest BCUT2D eigenvalue weighted by Crippen LogP contribution is 2.32. The molecule has 0 radical (unpaired) electrons. The number of ether oxygens (including phenoxy) is 1. The molecule has 0 spiro atoms. The third-order valence-electron chi connectivity index (χ3n) is 6.65. The summed E-state index contributed by atoms with van der Waals surface area (Å²) in [5.74, 6) is 0.586. The van der Waals surface area contributed by atoms with Gasteiger partial charge in [0.1, 0.15) is 10.6 Å². The Morgan fingerprint density at radius 1 is 1.03 bits per heavy atom. The average Bonchev–Trinajstić information content (AvgIpc) is 2.74. The van der Waals surface area contributed by atoms with E-state index in [0.29, 0.717) is 12.0 Å². The van der Waals surface area contributed by atoms with Crippen LogP contribution in [0.2, 0.25) is 0 Å². The SMILES string of the molecule is CC(C)(C)OC(=O)N[C@](C)(CC1CCCCC1)C(=S)NC1CCN(c2ccccc2)CC1. The van der Waals surface area contributed by atoms with Crippen LogP contribution in [-0.2, 0) is 4.74 Å². The molecule has 2 N–H and O–H groups in total. The zero-order chi connectivity index (χ0) is 23.2. The maximum Gasteiger partial charge on any atom is 0.408 e. The quantitative estimate of drug-likeness (QED) is 0.525. The topological polar surface area (TPSA) is 53.6 Å². The summed E-state index contributed by atoms with van der Waals surface area (Å²) in [6.07, 6.45) is 8.81. The van der Waals surface area contributed by atoms with Crippen molar-refractivity contribution in [1.82, 2.24) is 10.6 Å². The lowest BCUT2D eigenvalue weighted by molar-refractivity contribution is 0.0478. The Bertz CT molecular complexity index is 750. The Kier molecular flexibility index (Phi) is 8.43. The number of hydrogen-bond donors (Lipinski definition) is 2. The second-order valence-electron chi connectivity index (χ2n) is 10.7. The number of hydrogen-bond acceptors (Lipinski definition) is 4. The molecule has 32 heavy (non-hydrogen) atoms. The van der Waals surface area contributed by atoms with E-state index in [9.17, 15) is 4.79 Å². The zero-order valence-electron chi connectivity index (χ0n) is 20.3. The van der Waals surface area contributed by atoms with E-state index < -0.39 is 11.1 Å². The molecule has 2 fully saturated rings. The third-order valence-corrected chi connectivity index (χ3v) is 7.22. The van der Waals surface area contributed by atoms with Gasteiger partial charge in [-0.05, 0) is 65.0 Å². The second kappa shape index (κ2) is 10.9. The maximum absolute atomic E-state index is 12.7. The Hall–Kier alpha value is -1.82. The van der Waals surface area contributed by atoms with Crippen molar-refractivity contribution in [2.24, 2.45) is 5.92 Å². The third kappa shape index (κ3) is 7.36. The molecule has 0 unspecified atom stereocenters. The molecule has 5 nitrogen and oxygen atoms in total. The number of alkyl carbamates (subject to hydrolysis) is 1. The number of nitrogens with one attached hydrogen (secondary N) is 2. The zero-order valence-corrected chi connectivity index (χ0v) is 21.1. The highest BCUT2D eigenvalue weighted by Gasteiger charge is 2.37. The van der Waals surface area contributed by atoms with Gasteiger partial charge in [-0.25, -0.2) is 4.79 Å². The van der Waals surface area contributed by atoms with E-state index in [1.165, 1.54) is 37.8 Å². The van der Waals surface area contributed by atoms with Crippen LogP contribution in [0, 0.1) is 5.92 Å². The minimum Gasteiger partial charge on any atom is -0.444 e. The van der Waals surface area contributed by atoms with Crippen LogP contribution >= 0.6 is 12.2 Å². The van der Waals surface area contributed by atoms with Crippen molar-refractivity contribution >= 4 is 29.0 Å². The molecule has 1 atom stereocenters. The van der Waals surface area contributed by atoms with Gasteiger partial charge in [0, 0.05) is 24.8 Å². The summed E-state index contributed by atoms with van der Waals surface area (Å²) in [6, 6.07) is 10.9. The van der Waals surface area contributed by atoms with Crippen LogP contribution in [0.3, 0.4) is 0 Å². The fraction of sp³-hybridized carbons (Fsp3) is 0.692. The van der Waals surface area contributed by atoms with E-state index in [0.717, 1.165) is 37.3 Å². The van der Waals surface area contributed by atoms with Crippen molar-refractivity contribution in [2.75, 3.05) is 18.0 Å². The average molecular weight is 460 g/mol. The standard InChI is InChI=1S/C26H41N3O2S/c1-25(2,3)31-24(30)28-26(4,19-20-11-7-5-8-12-20)23(32)27-21-15-17-29(18-16-21)22-13-9-6-10-14-22/h6,9-10,13-14,20-21H,5,7-8,11-12,15-19H2,1-4H3,(H,27,32)(H,28,30)/t26-/m1/s1. The van der Waals surface area contributed by atoms with Crippen molar-refractivity contribution in [1.29, 1.82) is 0 Å². The minimum absolute atomic E-state index is 0.327. The van der Waals surface area contributed by atoms with Crippen LogP contribution in [-0.4, -0.2) is 41.4 Å². The molecule has 6 heteroatoms. The molecule has 1 aromatic carbocycles. The van der Waals surface area contributed by atoms with Gasteiger partial charge >= 0.3 is 6.09 Å². The number of rotatable bonds is 6. The van der Waals surface area contributed by atoms with E-state index in [1.807, 2.05) is 20.8 Å². The lowest BCUT2D eigenvalue weighted by Gasteiger charge is -2.40. The summed E-state index contributed by atoms with van der Waals surface area (Å²) in [5, 5.41) is 6.77. The van der Waals surface area contributed by atoms with E-state index >= 15 is 0 Å². The first kappa shape index (κ1) is 24.8. The number of thiocarbonyl (C=S) groups is 1. The fourth-order valence-corrected chi connectivity index (χ4v) is 5.26. The summed E-state index contributed by atoms with van der Waals surface area (Å²) in [5.41, 5.74) is 0.146. The highest BCUT2D eigenvalue weighted by atomic mass is 32.1. The molecule has 1 heterocycles. The molecule has 0 bridgehead atoms. The number of para-hydroxylation sites is 1. The first-order chi connectivity index (χ1) is 15.1. The highest BCUT2D eigenvalue weighted by molar-refractivity contribution is 7.80. The molecule has 1 aromatic rings. The van der Waals surface area contributed by atoms with Gasteiger partial charge in [-0.2, -0.15) is 0 Å². The Balaban J connectivity index is 1.61. The van der Waals surface area contributed by atoms with Gasteiger partial charge in [0.15, 0.2) is 0 Å². The predicted molar refractivity (Wildman–Crippen MR) is 136 cm³/mol. The predicted octanol–water partition coefficient (Wildman–Crippen LogP) is 5.83. The van der Waals surface area contributed by atoms with E-state index in [2.05, 4.69) is 52.8 Å². The van der Waals surface area contributed by atoms with Gasteiger partial charge in [-0.3, -0.25) is 0 Å². The number of piperidine rings is 1. The van der Waals surface area contributed by atoms with Crippen LogP contribution < -0.4 is 15.5 Å². The monoisotopic (exact) mass is 459 g/mol. The van der Waals surface area contributed by atoms with E-state index in [-0.39, 0.29) is 6.09 Å². The van der Waals surface area contributed by atoms with Crippen molar-refractivity contribution in [2.45, 2.75) is 96.2 Å². The normalized spacial score (nSPS) is 20.3. The molecule has 178 valence electrons. The molecule has 1 aliphatic carbocycles. The Morgan fingerprint density at radius 2 is 1.66 bits per heavy atom. The number of carbonyl (C=O) groups is 1. The summed E-state index contributed by atoms with van der Waals surface area (Å²) >= 11 is 5.93. The number of benzene rings is 1. The van der Waals surface area contributed by atoms with Gasteiger partial charge in [0.25, 0.3) is 0 Å². The van der Waals surface area contributed by atoms with Crippen LogP contribution in [0.5, 0.6) is 0 Å². The van der Waals surface area contributed by atoms with Crippen LogP contribution in [0.25, 0.3) is 0 Å². The molecule has 1 aliphatic heterocycles. The second-order valence-corrected chi connectivity index (χ2v) is 11.1. The van der Waals surface area contributed by atoms with Gasteiger partial charge < -0.3 is 20.3 Å². The Morgan fingerprint density at radius 3 is 2.25 bits per heavy atom. The summed E-state index contributed by atoms with van der Waals surface area (Å²) < 4.78 is 5.58. The number of anilines is 1. The lowest BCUT2D eigenvalue weighted by Crippen LogP contribution is -2.60. The molecular formula is C26H41N3O2S. The number of nitrogens with zero attached hydrogens (tertiary/aromatic N) is 1. The molecule has 1 saturated heterocycles. The fourth-order valence-electron chi connectivity index (χ4n) is 4.96. The first-order valence-electron chi connectivity index (χ1n) is 12.3. The van der Waals surface area contributed by atoms with Gasteiger partial charge in [0.2, 0.25) is 0 Å². The largest absolute Gasteiger partial charge is 0.444 e. The van der Waals surface area contributed by atoms with Gasteiger partial charge in [0.05, 0.1) is 5.54 Å². The molecule has 3 rings (SSSR count). The van der Waals surface area contributed by atoms with Crippen LogP contribution in [0.1, 0.15) is 79.1 Å². The van der Waals surface area contributed by atoms with Gasteiger partial charge in [-0.15, -0.1) is 0 Å². The smallest absolute Gasteiger partial charge is 0.408 e. The van der Waals surface area contributed by atoms with Crippen molar-refractivity contribution in [3.05, 3.63) is 30.3 Å². The van der Waals surface area contributed by atoms with Crippen LogP contribution in [0.15, 0.2) is 30.3 Å². The first-order valence-corrected chi connectivity index (χ1v) is 12.7. The molecule has 2 aliphatic rings.